The fraction of sp³-hybridized carbons (Fsp3) is 0.579. The maximum atomic E-state index is 12.3. The van der Waals surface area contributed by atoms with E-state index in [2.05, 4.69) is 24.5 Å². The summed E-state index contributed by atoms with van der Waals surface area (Å²) in [4.78, 5) is 26.1. The van der Waals surface area contributed by atoms with Crippen molar-refractivity contribution in [2.24, 2.45) is 11.8 Å². The molecular formula is C19H28ClN3O2. The molecule has 0 aromatic heterocycles. The summed E-state index contributed by atoms with van der Waals surface area (Å²) in [7, 11) is 1.76. The molecule has 1 fully saturated rings. The number of nitrogens with one attached hydrogen (secondary N) is 2. The summed E-state index contributed by atoms with van der Waals surface area (Å²) in [6.07, 6.45) is 3.43. The molecule has 3 atom stereocenters. The van der Waals surface area contributed by atoms with Crippen molar-refractivity contribution < 1.29 is 9.59 Å². The highest BCUT2D eigenvalue weighted by atomic mass is 35.5. The SMILES string of the molecule is C[C@@H]1[C@H](C)CCC[C@@H]1NC(=O)CN(C)CC(=O)Nc1ccccc1Cl. The van der Waals surface area contributed by atoms with Crippen LogP contribution in [0.1, 0.15) is 33.1 Å². The lowest BCUT2D eigenvalue weighted by Crippen LogP contribution is -2.47. The topological polar surface area (TPSA) is 61.4 Å². The summed E-state index contributed by atoms with van der Waals surface area (Å²) >= 11 is 6.03. The van der Waals surface area contributed by atoms with Gasteiger partial charge in [-0.05, 0) is 37.4 Å². The summed E-state index contributed by atoms with van der Waals surface area (Å²) in [6.45, 7) is 4.78. The molecule has 0 heterocycles. The second kappa shape index (κ2) is 9.20. The van der Waals surface area contributed by atoms with E-state index in [4.69, 9.17) is 11.6 Å². The minimum atomic E-state index is -0.192. The largest absolute Gasteiger partial charge is 0.352 e. The van der Waals surface area contributed by atoms with Crippen LogP contribution in [0.3, 0.4) is 0 Å². The summed E-state index contributed by atoms with van der Waals surface area (Å²) in [5, 5.41) is 6.39. The zero-order valence-corrected chi connectivity index (χ0v) is 16.0. The highest BCUT2D eigenvalue weighted by Gasteiger charge is 2.28. The van der Waals surface area contributed by atoms with Crippen LogP contribution in [0.25, 0.3) is 0 Å². The van der Waals surface area contributed by atoms with Gasteiger partial charge >= 0.3 is 0 Å². The van der Waals surface area contributed by atoms with Gasteiger partial charge in [0.05, 0.1) is 23.8 Å². The lowest BCUT2D eigenvalue weighted by atomic mass is 9.78. The number of anilines is 1. The first-order valence-electron chi connectivity index (χ1n) is 8.89. The van der Waals surface area contributed by atoms with Crippen LogP contribution in [0.2, 0.25) is 5.02 Å². The van der Waals surface area contributed by atoms with E-state index in [-0.39, 0.29) is 30.9 Å². The fourth-order valence-corrected chi connectivity index (χ4v) is 3.52. The standard InChI is InChI=1S/C19H28ClN3O2/c1-13-7-6-10-16(14(13)2)21-18(24)11-23(3)12-19(25)22-17-9-5-4-8-15(17)20/h4-5,8-9,13-14,16H,6-7,10-12H2,1-3H3,(H,21,24)(H,22,25)/t13-,14-,16+/m1/s1. The van der Waals surface area contributed by atoms with Crippen LogP contribution in [-0.2, 0) is 9.59 Å². The lowest BCUT2D eigenvalue weighted by molar-refractivity contribution is -0.124. The number of para-hydroxylation sites is 1. The highest BCUT2D eigenvalue weighted by Crippen LogP contribution is 2.29. The molecule has 0 saturated heterocycles. The summed E-state index contributed by atoms with van der Waals surface area (Å²) in [5.74, 6) is 0.909. The van der Waals surface area contributed by atoms with Crippen LogP contribution >= 0.6 is 11.6 Å². The first kappa shape index (κ1) is 19.7. The molecule has 2 N–H and O–H groups in total. The van der Waals surface area contributed by atoms with Gasteiger partial charge in [0.25, 0.3) is 0 Å². The van der Waals surface area contributed by atoms with Crippen LogP contribution in [0.4, 0.5) is 5.69 Å². The van der Waals surface area contributed by atoms with Gasteiger partial charge in [-0.15, -0.1) is 0 Å². The van der Waals surface area contributed by atoms with Crippen molar-refractivity contribution in [1.29, 1.82) is 0 Å². The Morgan fingerprint density at radius 2 is 1.84 bits per heavy atom. The maximum absolute atomic E-state index is 12.3. The van der Waals surface area contributed by atoms with Gasteiger partial charge in [0.15, 0.2) is 0 Å². The molecule has 25 heavy (non-hydrogen) atoms. The molecule has 1 aliphatic carbocycles. The van der Waals surface area contributed by atoms with Gasteiger partial charge in [-0.3, -0.25) is 14.5 Å². The van der Waals surface area contributed by atoms with Gasteiger partial charge in [0, 0.05) is 6.04 Å². The van der Waals surface area contributed by atoms with Gasteiger partial charge in [-0.1, -0.05) is 50.4 Å². The van der Waals surface area contributed by atoms with Crippen molar-refractivity contribution in [3.05, 3.63) is 29.3 Å². The first-order chi connectivity index (χ1) is 11.9. The van der Waals surface area contributed by atoms with E-state index >= 15 is 0 Å². The molecule has 0 radical (unpaired) electrons. The Hall–Kier alpha value is -1.59. The predicted molar refractivity (Wildman–Crippen MR) is 102 cm³/mol. The van der Waals surface area contributed by atoms with Gasteiger partial charge in [-0.25, -0.2) is 0 Å². The third kappa shape index (κ3) is 6.01. The van der Waals surface area contributed by atoms with Gasteiger partial charge in [0.1, 0.15) is 0 Å². The smallest absolute Gasteiger partial charge is 0.238 e. The number of carbonyl (C=O) groups is 2. The second-order valence-electron chi connectivity index (χ2n) is 7.14. The van der Waals surface area contributed by atoms with E-state index in [1.54, 1.807) is 24.1 Å². The number of halogens is 1. The Morgan fingerprint density at radius 3 is 2.56 bits per heavy atom. The molecule has 0 unspecified atom stereocenters. The minimum absolute atomic E-state index is 0.0287. The van der Waals surface area contributed by atoms with Crippen molar-refractivity contribution in [3.8, 4) is 0 Å². The summed E-state index contributed by atoms with van der Waals surface area (Å²) < 4.78 is 0. The normalized spacial score (nSPS) is 23.3. The van der Waals surface area contributed by atoms with Crippen LogP contribution < -0.4 is 10.6 Å². The van der Waals surface area contributed by atoms with Crippen molar-refractivity contribution >= 4 is 29.1 Å². The number of hydrogen-bond donors (Lipinski definition) is 2. The molecule has 2 rings (SSSR count). The molecule has 1 aliphatic rings. The zero-order chi connectivity index (χ0) is 18.4. The number of hydrogen-bond acceptors (Lipinski definition) is 3. The zero-order valence-electron chi connectivity index (χ0n) is 15.2. The van der Waals surface area contributed by atoms with Crippen molar-refractivity contribution in [2.45, 2.75) is 39.2 Å². The molecule has 2 amide bonds. The number of benzene rings is 1. The molecule has 1 aromatic rings. The number of likely N-dealkylation sites (N-methyl/N-ethyl adjacent to an activating group) is 1. The van der Waals surface area contributed by atoms with Crippen LogP contribution in [-0.4, -0.2) is 42.9 Å². The van der Waals surface area contributed by atoms with Crippen LogP contribution in [0, 0.1) is 11.8 Å². The number of carbonyl (C=O) groups excluding carboxylic acids is 2. The predicted octanol–water partition coefficient (Wildman–Crippen LogP) is 3.15. The van der Waals surface area contributed by atoms with Gasteiger partial charge in [-0.2, -0.15) is 0 Å². The summed E-state index contributed by atoms with van der Waals surface area (Å²) in [5.41, 5.74) is 0.581. The van der Waals surface area contributed by atoms with Gasteiger partial charge < -0.3 is 10.6 Å². The Balaban J connectivity index is 1.77. The second-order valence-corrected chi connectivity index (χ2v) is 7.55. The first-order valence-corrected chi connectivity index (χ1v) is 9.27. The van der Waals surface area contributed by atoms with E-state index < -0.39 is 0 Å². The number of rotatable bonds is 6. The van der Waals surface area contributed by atoms with Crippen LogP contribution in [0.15, 0.2) is 24.3 Å². The monoisotopic (exact) mass is 365 g/mol. The number of amides is 2. The van der Waals surface area contributed by atoms with E-state index in [0.717, 1.165) is 12.8 Å². The van der Waals surface area contributed by atoms with Crippen LogP contribution in [0.5, 0.6) is 0 Å². The van der Waals surface area contributed by atoms with Crippen molar-refractivity contribution in [2.75, 3.05) is 25.5 Å². The van der Waals surface area contributed by atoms with E-state index in [1.807, 2.05) is 12.1 Å². The van der Waals surface area contributed by atoms with Crippen molar-refractivity contribution in [3.63, 3.8) is 0 Å². The lowest BCUT2D eigenvalue weighted by Gasteiger charge is -2.34. The minimum Gasteiger partial charge on any atom is -0.352 e. The van der Waals surface area contributed by atoms with Crippen molar-refractivity contribution in [1.82, 2.24) is 10.2 Å². The molecule has 0 spiro atoms. The van der Waals surface area contributed by atoms with Gasteiger partial charge in [0.2, 0.25) is 11.8 Å². The fourth-order valence-electron chi connectivity index (χ4n) is 3.34. The molecule has 138 valence electrons. The van der Waals surface area contributed by atoms with E-state index in [1.165, 1.54) is 6.42 Å². The molecule has 1 aromatic carbocycles. The van der Waals surface area contributed by atoms with E-state index in [0.29, 0.717) is 22.5 Å². The number of nitrogens with zero attached hydrogens (tertiary/aromatic N) is 1. The highest BCUT2D eigenvalue weighted by molar-refractivity contribution is 6.33. The Morgan fingerprint density at radius 1 is 1.16 bits per heavy atom. The third-order valence-corrected chi connectivity index (χ3v) is 5.36. The molecule has 5 nitrogen and oxygen atoms in total. The average molecular weight is 366 g/mol. The molecule has 0 aliphatic heterocycles. The molecule has 0 bridgehead atoms. The summed E-state index contributed by atoms with van der Waals surface area (Å²) in [6, 6.07) is 7.33. The third-order valence-electron chi connectivity index (χ3n) is 5.03. The molecule has 1 saturated carbocycles. The average Bonchev–Trinajstić information content (AvgIpc) is 2.53. The Kier molecular flexibility index (Phi) is 7.26. The molecule has 6 heteroatoms. The Labute approximate surface area is 155 Å². The Bertz CT molecular complexity index is 608. The molecular weight excluding hydrogens is 338 g/mol. The maximum Gasteiger partial charge on any atom is 0.238 e. The van der Waals surface area contributed by atoms with E-state index in [9.17, 15) is 9.59 Å². The quantitative estimate of drug-likeness (QED) is 0.814.